The first-order valence-corrected chi connectivity index (χ1v) is 14.5. The van der Waals surface area contributed by atoms with Gasteiger partial charge in [-0.2, -0.15) is 0 Å². The maximum absolute atomic E-state index is 13.8. The smallest absolute Gasteiger partial charge is 0.230 e. The monoisotopic (exact) mass is 527 g/mol. The molecule has 1 heterocycles. The molecule has 39 heavy (non-hydrogen) atoms. The molecular formula is C34H45N3O2. The van der Waals surface area contributed by atoms with Crippen molar-refractivity contribution in [2.24, 2.45) is 0 Å². The van der Waals surface area contributed by atoms with E-state index in [4.69, 9.17) is 4.74 Å². The molecule has 0 radical (unpaired) electrons. The van der Waals surface area contributed by atoms with Crippen molar-refractivity contribution in [2.45, 2.75) is 71.7 Å². The Bertz CT molecular complexity index is 1170. The number of hydrogen-bond acceptors (Lipinski definition) is 4. The highest BCUT2D eigenvalue weighted by molar-refractivity contribution is 5.84. The fraction of sp³-hybridized carbons (Fsp3) is 0.441. The second kappa shape index (κ2) is 13.8. The molecule has 0 spiro atoms. The zero-order chi connectivity index (χ0) is 27.8. The molecule has 0 bridgehead atoms. The molecule has 2 unspecified atom stereocenters. The number of ether oxygens (including phenoxy) is 1. The molecule has 0 saturated carbocycles. The predicted molar refractivity (Wildman–Crippen MR) is 160 cm³/mol. The van der Waals surface area contributed by atoms with E-state index >= 15 is 0 Å². The summed E-state index contributed by atoms with van der Waals surface area (Å²) in [5.74, 6) is 0.890. The topological polar surface area (TPSA) is 44.8 Å². The van der Waals surface area contributed by atoms with Crippen LogP contribution >= 0.6 is 0 Å². The number of fused-ring (bicyclic) bond motifs is 1. The average molecular weight is 528 g/mol. The van der Waals surface area contributed by atoms with Gasteiger partial charge < -0.3 is 15.0 Å². The summed E-state index contributed by atoms with van der Waals surface area (Å²) in [4.78, 5) is 18.4. The Kier molecular flexibility index (Phi) is 10.2. The number of benzene rings is 3. The van der Waals surface area contributed by atoms with Gasteiger partial charge in [-0.15, -0.1) is 0 Å². The van der Waals surface area contributed by atoms with E-state index in [0.29, 0.717) is 25.2 Å². The van der Waals surface area contributed by atoms with Crippen LogP contribution in [0.2, 0.25) is 0 Å². The minimum atomic E-state index is -0.180. The zero-order valence-electron chi connectivity index (χ0n) is 24.3. The van der Waals surface area contributed by atoms with Gasteiger partial charge in [0.1, 0.15) is 12.4 Å². The Morgan fingerprint density at radius 2 is 1.62 bits per heavy atom. The largest absolute Gasteiger partial charge is 0.489 e. The second-order valence-electron chi connectivity index (χ2n) is 11.2. The molecule has 1 aliphatic heterocycles. The Balaban J connectivity index is 1.51. The second-order valence-corrected chi connectivity index (χ2v) is 11.2. The van der Waals surface area contributed by atoms with Crippen molar-refractivity contribution >= 4 is 5.91 Å². The molecule has 1 aliphatic rings. The fourth-order valence-corrected chi connectivity index (χ4v) is 5.70. The molecule has 5 heteroatoms. The molecule has 2 atom stereocenters. The normalized spacial score (nSPS) is 16.0. The molecule has 1 N–H and O–H groups in total. The molecule has 0 fully saturated rings. The van der Waals surface area contributed by atoms with Gasteiger partial charge in [-0.1, -0.05) is 66.7 Å². The van der Waals surface area contributed by atoms with E-state index in [1.165, 1.54) is 11.1 Å². The van der Waals surface area contributed by atoms with E-state index in [1.54, 1.807) is 0 Å². The molecule has 1 amide bonds. The van der Waals surface area contributed by atoms with Crippen LogP contribution in [-0.4, -0.2) is 54.0 Å². The van der Waals surface area contributed by atoms with Crippen molar-refractivity contribution in [3.63, 3.8) is 0 Å². The van der Waals surface area contributed by atoms with Crippen LogP contribution in [0.25, 0.3) is 0 Å². The summed E-state index contributed by atoms with van der Waals surface area (Å²) < 4.78 is 6.13. The molecule has 0 aromatic heterocycles. The lowest BCUT2D eigenvalue weighted by Gasteiger charge is -2.39. The maximum Gasteiger partial charge on any atom is 0.230 e. The summed E-state index contributed by atoms with van der Waals surface area (Å²) in [5, 5.41) is 3.69. The van der Waals surface area contributed by atoms with Gasteiger partial charge in [0.15, 0.2) is 0 Å². The van der Waals surface area contributed by atoms with Crippen molar-refractivity contribution in [1.29, 1.82) is 0 Å². The van der Waals surface area contributed by atoms with Crippen molar-refractivity contribution in [3.8, 4) is 5.75 Å². The van der Waals surface area contributed by atoms with Crippen LogP contribution in [0.5, 0.6) is 5.75 Å². The Morgan fingerprint density at radius 1 is 0.949 bits per heavy atom. The minimum Gasteiger partial charge on any atom is -0.489 e. The van der Waals surface area contributed by atoms with Gasteiger partial charge in [0, 0.05) is 38.3 Å². The van der Waals surface area contributed by atoms with E-state index in [1.807, 2.05) is 43.3 Å². The van der Waals surface area contributed by atoms with E-state index in [-0.39, 0.29) is 17.9 Å². The summed E-state index contributed by atoms with van der Waals surface area (Å²) >= 11 is 0. The first-order valence-electron chi connectivity index (χ1n) is 14.5. The van der Waals surface area contributed by atoms with Crippen molar-refractivity contribution in [2.75, 3.05) is 26.2 Å². The van der Waals surface area contributed by atoms with E-state index in [0.717, 1.165) is 42.9 Å². The van der Waals surface area contributed by atoms with Crippen LogP contribution in [0.15, 0.2) is 78.9 Å². The molecule has 4 rings (SSSR count). The molecule has 5 nitrogen and oxygen atoms in total. The highest BCUT2D eigenvalue weighted by Crippen LogP contribution is 2.34. The fourth-order valence-electron chi connectivity index (χ4n) is 5.70. The molecule has 3 aromatic carbocycles. The van der Waals surface area contributed by atoms with Crippen molar-refractivity contribution in [1.82, 2.24) is 15.1 Å². The third kappa shape index (κ3) is 7.49. The number of nitrogens with zero attached hydrogens (tertiary/aromatic N) is 2. The number of carbonyl (C=O) groups is 1. The summed E-state index contributed by atoms with van der Waals surface area (Å²) in [5.41, 5.74) is 4.71. The Hall–Kier alpha value is -3.15. The van der Waals surface area contributed by atoms with Crippen LogP contribution in [0.3, 0.4) is 0 Å². The maximum atomic E-state index is 13.8. The minimum absolute atomic E-state index is 0.0119. The molecular weight excluding hydrogens is 482 g/mol. The first-order chi connectivity index (χ1) is 18.8. The molecule has 0 saturated heterocycles. The van der Waals surface area contributed by atoms with Gasteiger partial charge in [0.25, 0.3) is 0 Å². The molecule has 3 aromatic rings. The summed E-state index contributed by atoms with van der Waals surface area (Å²) in [7, 11) is 0. The lowest BCUT2D eigenvalue weighted by Crippen LogP contribution is -2.47. The quantitative estimate of drug-likeness (QED) is 0.285. The third-order valence-electron chi connectivity index (χ3n) is 7.88. The highest BCUT2D eigenvalue weighted by atomic mass is 16.5. The molecule has 0 aliphatic carbocycles. The number of amides is 1. The van der Waals surface area contributed by atoms with Gasteiger partial charge >= 0.3 is 0 Å². The van der Waals surface area contributed by atoms with Gasteiger partial charge in [-0.25, -0.2) is 0 Å². The summed E-state index contributed by atoms with van der Waals surface area (Å²) in [6.45, 7) is 14.9. The van der Waals surface area contributed by atoms with Crippen molar-refractivity contribution in [3.05, 3.63) is 101 Å². The lowest BCUT2D eigenvalue weighted by atomic mass is 9.90. The third-order valence-corrected chi connectivity index (χ3v) is 7.88. The first kappa shape index (κ1) is 28.8. The average Bonchev–Trinajstić information content (AvgIpc) is 2.95. The standard InChI is InChI=1S/C34H45N3O2/c1-25(2)36(26(3)4)21-19-35-23-33-32-17-16-31(39-24-28-12-8-6-9-13-28)22-30(32)18-20-37(33)34(38)27(5)29-14-10-7-11-15-29/h6-17,22,25-27,33,35H,18-21,23-24H2,1-5H3. The van der Waals surface area contributed by atoms with E-state index < -0.39 is 0 Å². The van der Waals surface area contributed by atoms with Crippen LogP contribution in [0, 0.1) is 0 Å². The number of rotatable bonds is 12. The highest BCUT2D eigenvalue weighted by Gasteiger charge is 2.33. The van der Waals surface area contributed by atoms with Gasteiger partial charge in [-0.3, -0.25) is 9.69 Å². The van der Waals surface area contributed by atoms with Crippen LogP contribution in [-0.2, 0) is 17.8 Å². The van der Waals surface area contributed by atoms with Crippen LogP contribution in [0.1, 0.15) is 68.8 Å². The van der Waals surface area contributed by atoms with Gasteiger partial charge in [0.05, 0.1) is 12.0 Å². The Morgan fingerprint density at radius 3 is 2.28 bits per heavy atom. The van der Waals surface area contributed by atoms with Gasteiger partial charge in [0.2, 0.25) is 5.91 Å². The molecule has 208 valence electrons. The van der Waals surface area contributed by atoms with Gasteiger partial charge in [-0.05, 0) is 75.4 Å². The summed E-state index contributed by atoms with van der Waals surface area (Å²) in [6.07, 6.45) is 0.829. The van der Waals surface area contributed by atoms with E-state index in [2.05, 4.69) is 85.3 Å². The Labute approximate surface area is 235 Å². The van der Waals surface area contributed by atoms with E-state index in [9.17, 15) is 4.79 Å². The lowest BCUT2D eigenvalue weighted by molar-refractivity contribution is -0.135. The zero-order valence-corrected chi connectivity index (χ0v) is 24.3. The predicted octanol–water partition coefficient (Wildman–Crippen LogP) is 6.20. The number of nitrogens with one attached hydrogen (secondary N) is 1. The summed E-state index contributed by atoms with van der Waals surface area (Å²) in [6, 6.07) is 27.8. The number of carbonyl (C=O) groups excluding carboxylic acids is 1. The van der Waals surface area contributed by atoms with Crippen molar-refractivity contribution < 1.29 is 9.53 Å². The number of hydrogen-bond donors (Lipinski definition) is 1. The van der Waals surface area contributed by atoms with Crippen LogP contribution in [0.4, 0.5) is 0 Å². The van der Waals surface area contributed by atoms with Crippen LogP contribution < -0.4 is 10.1 Å². The SMILES string of the molecule is CC(C(=O)N1CCc2cc(OCc3ccccc3)ccc2C1CNCCN(C(C)C)C(C)C)c1ccccc1.